The SMILES string of the molecule is CNc1cc(COC)nc(-c2ccc(N(C)C)cc2)n1. The average molecular weight is 272 g/mol. The van der Waals surface area contributed by atoms with Gasteiger partial charge in [0.25, 0.3) is 0 Å². The molecule has 0 saturated heterocycles. The van der Waals surface area contributed by atoms with Gasteiger partial charge in [0.1, 0.15) is 5.82 Å². The van der Waals surface area contributed by atoms with E-state index < -0.39 is 0 Å². The molecule has 2 aromatic rings. The molecular formula is C15H20N4O. The zero-order chi connectivity index (χ0) is 14.5. The molecule has 0 bridgehead atoms. The Hall–Kier alpha value is -2.14. The third-order valence-corrected chi connectivity index (χ3v) is 2.97. The van der Waals surface area contributed by atoms with E-state index in [1.54, 1.807) is 7.11 Å². The molecule has 1 N–H and O–H groups in total. The Morgan fingerprint density at radius 3 is 2.40 bits per heavy atom. The lowest BCUT2D eigenvalue weighted by Crippen LogP contribution is -2.08. The van der Waals surface area contributed by atoms with Gasteiger partial charge in [-0.25, -0.2) is 9.97 Å². The van der Waals surface area contributed by atoms with Crippen LogP contribution in [0.3, 0.4) is 0 Å². The average Bonchev–Trinajstić information content (AvgIpc) is 2.47. The van der Waals surface area contributed by atoms with Crippen LogP contribution in [0.25, 0.3) is 11.4 Å². The van der Waals surface area contributed by atoms with Gasteiger partial charge in [0.05, 0.1) is 12.3 Å². The van der Waals surface area contributed by atoms with Crippen LogP contribution in [-0.4, -0.2) is 38.2 Å². The molecular weight excluding hydrogens is 252 g/mol. The summed E-state index contributed by atoms with van der Waals surface area (Å²) in [5.74, 6) is 1.49. The van der Waals surface area contributed by atoms with Crippen LogP contribution in [0.15, 0.2) is 30.3 Å². The van der Waals surface area contributed by atoms with Crippen LogP contribution >= 0.6 is 0 Å². The van der Waals surface area contributed by atoms with Crippen molar-refractivity contribution in [2.45, 2.75) is 6.61 Å². The Bertz CT molecular complexity index is 567. The number of hydrogen-bond acceptors (Lipinski definition) is 5. The molecule has 0 radical (unpaired) electrons. The smallest absolute Gasteiger partial charge is 0.161 e. The Morgan fingerprint density at radius 2 is 1.85 bits per heavy atom. The normalized spacial score (nSPS) is 10.4. The molecule has 5 heteroatoms. The fraction of sp³-hybridized carbons (Fsp3) is 0.333. The number of methoxy groups -OCH3 is 1. The Morgan fingerprint density at radius 1 is 1.15 bits per heavy atom. The Kier molecular flexibility index (Phi) is 4.53. The molecule has 0 fully saturated rings. The van der Waals surface area contributed by atoms with E-state index in [0.717, 1.165) is 22.8 Å². The van der Waals surface area contributed by atoms with E-state index in [2.05, 4.69) is 32.3 Å². The molecule has 2 rings (SSSR count). The summed E-state index contributed by atoms with van der Waals surface area (Å²) in [6.07, 6.45) is 0. The number of anilines is 2. The first-order valence-corrected chi connectivity index (χ1v) is 6.46. The van der Waals surface area contributed by atoms with Gasteiger partial charge in [-0.2, -0.15) is 0 Å². The number of aromatic nitrogens is 2. The van der Waals surface area contributed by atoms with Gasteiger partial charge in [-0.1, -0.05) is 0 Å². The highest BCUT2D eigenvalue weighted by atomic mass is 16.5. The molecule has 0 aliphatic rings. The van der Waals surface area contributed by atoms with Crippen LogP contribution < -0.4 is 10.2 Å². The fourth-order valence-electron chi connectivity index (χ4n) is 1.89. The number of nitrogens with one attached hydrogen (secondary N) is 1. The molecule has 106 valence electrons. The molecule has 1 aromatic heterocycles. The van der Waals surface area contributed by atoms with Crippen molar-refractivity contribution in [1.82, 2.24) is 9.97 Å². The molecule has 0 aliphatic heterocycles. The lowest BCUT2D eigenvalue weighted by molar-refractivity contribution is 0.181. The van der Waals surface area contributed by atoms with Gasteiger partial charge >= 0.3 is 0 Å². The molecule has 0 spiro atoms. The van der Waals surface area contributed by atoms with E-state index in [-0.39, 0.29) is 0 Å². The largest absolute Gasteiger partial charge is 0.378 e. The molecule has 5 nitrogen and oxygen atoms in total. The highest BCUT2D eigenvalue weighted by molar-refractivity contribution is 5.61. The summed E-state index contributed by atoms with van der Waals surface area (Å²) < 4.78 is 5.14. The second-order valence-corrected chi connectivity index (χ2v) is 4.69. The standard InChI is InChI=1S/C15H20N4O/c1-16-14-9-12(10-20-4)17-15(18-14)11-5-7-13(8-6-11)19(2)3/h5-9H,10H2,1-4H3,(H,16,17,18). The molecule has 0 saturated carbocycles. The second kappa shape index (κ2) is 6.34. The van der Waals surface area contributed by atoms with Crippen LogP contribution in [0.2, 0.25) is 0 Å². The van der Waals surface area contributed by atoms with E-state index in [1.165, 1.54) is 0 Å². The lowest BCUT2D eigenvalue weighted by atomic mass is 10.2. The van der Waals surface area contributed by atoms with Gasteiger partial charge in [-0.3, -0.25) is 0 Å². The molecule has 0 amide bonds. The first-order chi connectivity index (χ1) is 9.63. The zero-order valence-corrected chi connectivity index (χ0v) is 12.3. The zero-order valence-electron chi connectivity index (χ0n) is 12.3. The predicted molar refractivity (Wildman–Crippen MR) is 82.1 cm³/mol. The maximum atomic E-state index is 5.14. The summed E-state index contributed by atoms with van der Waals surface area (Å²) >= 11 is 0. The number of hydrogen-bond donors (Lipinski definition) is 1. The van der Waals surface area contributed by atoms with Crippen molar-refractivity contribution in [2.75, 3.05) is 38.5 Å². The van der Waals surface area contributed by atoms with E-state index in [0.29, 0.717) is 12.4 Å². The highest BCUT2D eigenvalue weighted by Crippen LogP contribution is 2.21. The van der Waals surface area contributed by atoms with Gasteiger partial charge in [0.15, 0.2) is 5.82 Å². The van der Waals surface area contributed by atoms with Crippen LogP contribution in [0.5, 0.6) is 0 Å². The van der Waals surface area contributed by atoms with Gasteiger partial charge in [0, 0.05) is 45.6 Å². The van der Waals surface area contributed by atoms with Crippen LogP contribution in [-0.2, 0) is 11.3 Å². The lowest BCUT2D eigenvalue weighted by Gasteiger charge is -2.13. The molecule has 0 aliphatic carbocycles. The van der Waals surface area contributed by atoms with Gasteiger partial charge in [-0.05, 0) is 24.3 Å². The third kappa shape index (κ3) is 3.24. The first-order valence-electron chi connectivity index (χ1n) is 6.46. The molecule has 0 atom stereocenters. The fourth-order valence-corrected chi connectivity index (χ4v) is 1.89. The van der Waals surface area contributed by atoms with Crippen LogP contribution in [0, 0.1) is 0 Å². The Balaban J connectivity index is 2.37. The van der Waals surface area contributed by atoms with Crippen molar-refractivity contribution < 1.29 is 4.74 Å². The molecule has 0 unspecified atom stereocenters. The number of ether oxygens (including phenoxy) is 1. The van der Waals surface area contributed by atoms with Crippen molar-refractivity contribution >= 4 is 11.5 Å². The van der Waals surface area contributed by atoms with E-state index in [9.17, 15) is 0 Å². The summed E-state index contributed by atoms with van der Waals surface area (Å²) in [5.41, 5.74) is 3.00. The quantitative estimate of drug-likeness (QED) is 0.905. The van der Waals surface area contributed by atoms with Crippen molar-refractivity contribution in [3.05, 3.63) is 36.0 Å². The topological polar surface area (TPSA) is 50.3 Å². The summed E-state index contributed by atoms with van der Waals surface area (Å²) in [6.45, 7) is 0.472. The minimum atomic E-state index is 0.472. The maximum absolute atomic E-state index is 5.14. The molecule has 1 heterocycles. The van der Waals surface area contributed by atoms with Gasteiger partial charge in [-0.15, -0.1) is 0 Å². The molecule has 1 aromatic carbocycles. The third-order valence-electron chi connectivity index (χ3n) is 2.97. The van der Waals surface area contributed by atoms with Crippen molar-refractivity contribution in [2.24, 2.45) is 0 Å². The van der Waals surface area contributed by atoms with Crippen molar-refractivity contribution in [3.63, 3.8) is 0 Å². The first kappa shape index (κ1) is 14.3. The summed E-state index contributed by atoms with van der Waals surface area (Å²) in [5, 5.41) is 3.05. The minimum Gasteiger partial charge on any atom is -0.378 e. The monoisotopic (exact) mass is 272 g/mol. The second-order valence-electron chi connectivity index (χ2n) is 4.69. The highest BCUT2D eigenvalue weighted by Gasteiger charge is 2.07. The number of nitrogens with zero attached hydrogens (tertiary/aromatic N) is 3. The van der Waals surface area contributed by atoms with Gasteiger partial charge in [0.2, 0.25) is 0 Å². The van der Waals surface area contributed by atoms with Crippen LogP contribution in [0.4, 0.5) is 11.5 Å². The predicted octanol–water partition coefficient (Wildman–Crippen LogP) is 2.40. The Labute approximate surface area is 119 Å². The van der Waals surface area contributed by atoms with Crippen LogP contribution in [0.1, 0.15) is 5.69 Å². The van der Waals surface area contributed by atoms with E-state index in [1.807, 2.05) is 39.3 Å². The summed E-state index contributed by atoms with van der Waals surface area (Å²) in [4.78, 5) is 11.1. The summed E-state index contributed by atoms with van der Waals surface area (Å²) in [7, 11) is 7.54. The number of benzene rings is 1. The van der Waals surface area contributed by atoms with Crippen molar-refractivity contribution in [1.29, 1.82) is 0 Å². The summed E-state index contributed by atoms with van der Waals surface area (Å²) in [6, 6.07) is 10.1. The number of rotatable bonds is 5. The maximum Gasteiger partial charge on any atom is 0.161 e. The van der Waals surface area contributed by atoms with E-state index >= 15 is 0 Å². The van der Waals surface area contributed by atoms with Crippen molar-refractivity contribution in [3.8, 4) is 11.4 Å². The molecule has 20 heavy (non-hydrogen) atoms. The minimum absolute atomic E-state index is 0.472. The van der Waals surface area contributed by atoms with E-state index in [4.69, 9.17) is 4.74 Å². The van der Waals surface area contributed by atoms with Gasteiger partial charge < -0.3 is 15.0 Å².